The Hall–Kier alpha value is -2.19. The van der Waals surface area contributed by atoms with Gasteiger partial charge in [0.05, 0.1) is 5.41 Å². The highest BCUT2D eigenvalue weighted by molar-refractivity contribution is 7.89. The van der Waals surface area contributed by atoms with E-state index in [2.05, 4.69) is 10.5 Å². The fourth-order valence-electron chi connectivity index (χ4n) is 3.55. The second-order valence-electron chi connectivity index (χ2n) is 7.32. The molecule has 0 spiro atoms. The first kappa shape index (κ1) is 19.6. The number of rotatable bonds is 5. The predicted octanol–water partition coefficient (Wildman–Crippen LogP) is 2.40. The second-order valence-corrected chi connectivity index (χ2v) is 9.20. The van der Waals surface area contributed by atoms with Gasteiger partial charge in [0.2, 0.25) is 15.9 Å². The van der Waals surface area contributed by atoms with Gasteiger partial charge in [0, 0.05) is 19.6 Å². The van der Waals surface area contributed by atoms with E-state index in [-0.39, 0.29) is 23.1 Å². The molecule has 1 aromatic carbocycles. The highest BCUT2D eigenvalue weighted by Gasteiger charge is 2.43. The molecule has 1 aliphatic rings. The summed E-state index contributed by atoms with van der Waals surface area (Å²) in [6.45, 7) is 5.96. The first-order valence-electron chi connectivity index (χ1n) is 8.99. The molecular weight excluding hydrogens is 366 g/mol. The number of hydrogen-bond donors (Lipinski definition) is 1. The van der Waals surface area contributed by atoms with Gasteiger partial charge in [0.25, 0.3) is 0 Å². The van der Waals surface area contributed by atoms with E-state index in [4.69, 9.17) is 4.52 Å². The molecule has 8 heteroatoms. The van der Waals surface area contributed by atoms with Gasteiger partial charge in [-0.25, -0.2) is 8.42 Å². The number of amides is 1. The van der Waals surface area contributed by atoms with Gasteiger partial charge in [0.15, 0.2) is 5.76 Å². The quantitative estimate of drug-likeness (QED) is 0.845. The Kier molecular flexibility index (Phi) is 5.39. The second kappa shape index (κ2) is 7.44. The van der Waals surface area contributed by atoms with E-state index in [0.717, 1.165) is 5.56 Å². The minimum Gasteiger partial charge on any atom is -0.360 e. The summed E-state index contributed by atoms with van der Waals surface area (Å²) in [4.78, 5) is 12.9. The lowest BCUT2D eigenvalue weighted by Crippen LogP contribution is -2.51. The van der Waals surface area contributed by atoms with Crippen molar-refractivity contribution >= 4 is 15.9 Å². The maximum atomic E-state index is 13.1. The largest absolute Gasteiger partial charge is 0.360 e. The highest BCUT2D eigenvalue weighted by Crippen LogP contribution is 2.34. The van der Waals surface area contributed by atoms with Crippen LogP contribution in [-0.2, 0) is 21.4 Å². The van der Waals surface area contributed by atoms with Crippen LogP contribution in [0.5, 0.6) is 0 Å². The number of nitrogens with one attached hydrogen (secondary N) is 1. The smallest absolute Gasteiger partial charge is 0.248 e. The van der Waals surface area contributed by atoms with Crippen LogP contribution in [0.3, 0.4) is 0 Å². The molecule has 1 amide bonds. The summed E-state index contributed by atoms with van der Waals surface area (Å²) in [6.07, 6.45) is 1.26. The number of aryl methyl sites for hydroxylation is 2. The average Bonchev–Trinajstić information content (AvgIpc) is 2.99. The zero-order chi connectivity index (χ0) is 19.7. The maximum absolute atomic E-state index is 13.1. The van der Waals surface area contributed by atoms with Crippen molar-refractivity contribution in [2.75, 3.05) is 13.1 Å². The monoisotopic (exact) mass is 391 g/mol. The topological polar surface area (TPSA) is 92.5 Å². The maximum Gasteiger partial charge on any atom is 0.248 e. The average molecular weight is 391 g/mol. The number of aromatic nitrogens is 1. The molecule has 1 aliphatic heterocycles. The molecule has 1 aromatic heterocycles. The predicted molar refractivity (Wildman–Crippen MR) is 100 cm³/mol. The number of hydrogen-bond acceptors (Lipinski definition) is 5. The highest BCUT2D eigenvalue weighted by atomic mass is 32.2. The van der Waals surface area contributed by atoms with Crippen molar-refractivity contribution in [1.82, 2.24) is 14.8 Å². The molecule has 3 rings (SSSR count). The SMILES string of the molecule is Cc1noc(C)c1S(=O)(=O)N1CCCC(C)(C(=O)NCc2ccccc2)C1. The molecule has 27 heavy (non-hydrogen) atoms. The summed E-state index contributed by atoms with van der Waals surface area (Å²) in [6, 6.07) is 9.64. The molecule has 2 aromatic rings. The lowest BCUT2D eigenvalue weighted by molar-refractivity contribution is -0.132. The molecule has 0 saturated carbocycles. The van der Waals surface area contributed by atoms with Gasteiger partial charge in [0.1, 0.15) is 10.6 Å². The molecular formula is C19H25N3O4S. The zero-order valence-electron chi connectivity index (χ0n) is 15.9. The van der Waals surface area contributed by atoms with Crippen LogP contribution in [-0.4, -0.2) is 36.9 Å². The van der Waals surface area contributed by atoms with Crippen LogP contribution in [0.4, 0.5) is 0 Å². The molecule has 1 unspecified atom stereocenters. The van der Waals surface area contributed by atoms with Gasteiger partial charge in [-0.3, -0.25) is 4.79 Å². The summed E-state index contributed by atoms with van der Waals surface area (Å²) in [7, 11) is -3.75. The summed E-state index contributed by atoms with van der Waals surface area (Å²) < 4.78 is 32.6. The van der Waals surface area contributed by atoms with Crippen molar-refractivity contribution < 1.29 is 17.7 Å². The van der Waals surface area contributed by atoms with Crippen molar-refractivity contribution in [2.24, 2.45) is 5.41 Å². The summed E-state index contributed by atoms with van der Waals surface area (Å²) in [5.41, 5.74) is 0.567. The normalized spacial score (nSPS) is 21.1. The van der Waals surface area contributed by atoms with Gasteiger partial charge < -0.3 is 9.84 Å². The van der Waals surface area contributed by atoms with Crippen LogP contribution in [0.1, 0.15) is 36.8 Å². The number of carbonyl (C=O) groups is 1. The van der Waals surface area contributed by atoms with E-state index >= 15 is 0 Å². The molecule has 1 atom stereocenters. The minimum atomic E-state index is -3.75. The Morgan fingerprint density at radius 3 is 2.63 bits per heavy atom. The Bertz CT molecular complexity index is 904. The minimum absolute atomic E-state index is 0.108. The number of sulfonamides is 1. The van der Waals surface area contributed by atoms with E-state index < -0.39 is 15.4 Å². The first-order valence-corrected chi connectivity index (χ1v) is 10.4. The van der Waals surface area contributed by atoms with Crippen LogP contribution in [0.25, 0.3) is 0 Å². The molecule has 146 valence electrons. The summed E-state index contributed by atoms with van der Waals surface area (Å²) in [5, 5.41) is 6.70. The Morgan fingerprint density at radius 2 is 2.00 bits per heavy atom. The van der Waals surface area contributed by atoms with Crippen LogP contribution < -0.4 is 5.32 Å². The molecule has 1 fully saturated rings. The van der Waals surface area contributed by atoms with Gasteiger partial charge in [-0.1, -0.05) is 35.5 Å². The Balaban J connectivity index is 1.75. The van der Waals surface area contributed by atoms with Gasteiger partial charge >= 0.3 is 0 Å². The van der Waals surface area contributed by atoms with Crippen LogP contribution >= 0.6 is 0 Å². The van der Waals surface area contributed by atoms with Crippen LogP contribution in [0.2, 0.25) is 0 Å². The van der Waals surface area contributed by atoms with Crippen molar-refractivity contribution in [3.8, 4) is 0 Å². The molecule has 0 aliphatic carbocycles. The lowest BCUT2D eigenvalue weighted by Gasteiger charge is -2.38. The number of carbonyl (C=O) groups excluding carboxylic acids is 1. The Labute approximate surface area is 159 Å². The van der Waals surface area contributed by atoms with Crippen molar-refractivity contribution in [1.29, 1.82) is 0 Å². The van der Waals surface area contributed by atoms with E-state index in [9.17, 15) is 13.2 Å². The molecule has 0 radical (unpaired) electrons. The van der Waals surface area contributed by atoms with Gasteiger partial charge in [-0.2, -0.15) is 4.31 Å². The van der Waals surface area contributed by atoms with Crippen LogP contribution in [0.15, 0.2) is 39.8 Å². The Morgan fingerprint density at radius 1 is 1.30 bits per heavy atom. The lowest BCUT2D eigenvalue weighted by atomic mass is 9.82. The zero-order valence-corrected chi connectivity index (χ0v) is 16.7. The molecule has 0 bridgehead atoms. The molecule has 7 nitrogen and oxygen atoms in total. The van der Waals surface area contributed by atoms with Crippen molar-refractivity contribution in [2.45, 2.75) is 45.1 Å². The fourth-order valence-corrected chi connectivity index (χ4v) is 5.44. The van der Waals surface area contributed by atoms with E-state index in [0.29, 0.717) is 31.6 Å². The third-order valence-electron chi connectivity index (χ3n) is 5.07. The van der Waals surface area contributed by atoms with Crippen LogP contribution in [0, 0.1) is 19.3 Å². The van der Waals surface area contributed by atoms with E-state index in [1.807, 2.05) is 37.3 Å². The number of piperidine rings is 1. The van der Waals surface area contributed by atoms with E-state index in [1.165, 1.54) is 4.31 Å². The molecule has 1 N–H and O–H groups in total. The molecule has 1 saturated heterocycles. The summed E-state index contributed by atoms with van der Waals surface area (Å²) in [5.74, 6) is 0.137. The van der Waals surface area contributed by atoms with Gasteiger partial charge in [-0.15, -0.1) is 0 Å². The molecule has 2 heterocycles. The van der Waals surface area contributed by atoms with Crippen molar-refractivity contribution in [3.05, 3.63) is 47.3 Å². The number of nitrogens with zero attached hydrogens (tertiary/aromatic N) is 2. The van der Waals surface area contributed by atoms with Gasteiger partial charge in [-0.05, 0) is 39.2 Å². The summed E-state index contributed by atoms with van der Waals surface area (Å²) >= 11 is 0. The fraction of sp³-hybridized carbons (Fsp3) is 0.474. The van der Waals surface area contributed by atoms with Crippen molar-refractivity contribution in [3.63, 3.8) is 0 Å². The van der Waals surface area contributed by atoms with E-state index in [1.54, 1.807) is 13.8 Å². The number of benzene rings is 1. The standard InChI is InChI=1S/C19H25N3O4S/c1-14-17(15(2)26-21-14)27(24,25)22-11-7-10-19(3,13-22)18(23)20-12-16-8-5-4-6-9-16/h4-6,8-9H,7,10-13H2,1-3H3,(H,20,23). The third-order valence-corrected chi connectivity index (χ3v) is 7.16. The third kappa shape index (κ3) is 3.91. The first-order chi connectivity index (χ1) is 12.7.